The topological polar surface area (TPSA) is 104 Å². The molecule has 0 saturated heterocycles. The van der Waals surface area contributed by atoms with Crippen LogP contribution in [0.4, 0.5) is 0 Å². The first-order chi connectivity index (χ1) is 10.1. The second kappa shape index (κ2) is 5.34. The third kappa shape index (κ3) is 2.98. The molecule has 0 aliphatic carbocycles. The van der Waals surface area contributed by atoms with Gasteiger partial charge in [-0.05, 0) is 19.1 Å². The van der Waals surface area contributed by atoms with E-state index in [-0.39, 0.29) is 13.0 Å². The Morgan fingerprint density at radius 3 is 2.90 bits per heavy atom. The molecule has 21 heavy (non-hydrogen) atoms. The largest absolute Gasteiger partial charge is 0.485 e. The highest BCUT2D eigenvalue weighted by Crippen LogP contribution is 2.35. The van der Waals surface area contributed by atoms with Crippen molar-refractivity contribution in [3.05, 3.63) is 36.0 Å². The summed E-state index contributed by atoms with van der Waals surface area (Å²) in [5, 5.41) is 13.8. The van der Waals surface area contributed by atoms with Crippen LogP contribution < -0.4 is 15.2 Å². The Balaban J connectivity index is 1.73. The molecule has 7 nitrogen and oxygen atoms in total. The molecule has 1 aliphatic heterocycles. The van der Waals surface area contributed by atoms with Crippen molar-refractivity contribution in [1.29, 1.82) is 0 Å². The van der Waals surface area contributed by atoms with Crippen molar-refractivity contribution in [1.82, 2.24) is 10.1 Å². The normalized spacial score (nSPS) is 20.0. The monoisotopic (exact) mass is 291 g/mol. The van der Waals surface area contributed by atoms with Gasteiger partial charge in [0.1, 0.15) is 6.61 Å². The number of para-hydroxylation sites is 2. The van der Waals surface area contributed by atoms with E-state index < -0.39 is 11.7 Å². The number of rotatable bonds is 4. The van der Waals surface area contributed by atoms with Crippen LogP contribution in [0.5, 0.6) is 11.5 Å². The highest BCUT2D eigenvalue weighted by molar-refractivity contribution is 5.40. The lowest BCUT2D eigenvalue weighted by molar-refractivity contribution is 0.0610. The first-order valence-corrected chi connectivity index (χ1v) is 6.71. The molecule has 2 atom stereocenters. The van der Waals surface area contributed by atoms with E-state index >= 15 is 0 Å². The van der Waals surface area contributed by atoms with Crippen LogP contribution in [0.25, 0.3) is 0 Å². The SMILES string of the molecule is CC(O)(CN)Cc1nc(C2COc3ccccc3O2)no1. The van der Waals surface area contributed by atoms with Gasteiger partial charge in [-0.2, -0.15) is 4.98 Å². The van der Waals surface area contributed by atoms with Crippen LogP contribution in [0.15, 0.2) is 28.8 Å². The fourth-order valence-electron chi connectivity index (χ4n) is 2.02. The summed E-state index contributed by atoms with van der Waals surface area (Å²) in [5.41, 5.74) is 4.40. The van der Waals surface area contributed by atoms with Gasteiger partial charge in [0.2, 0.25) is 11.7 Å². The lowest BCUT2D eigenvalue weighted by Crippen LogP contribution is -2.36. The minimum Gasteiger partial charge on any atom is -0.485 e. The van der Waals surface area contributed by atoms with E-state index in [1.165, 1.54) is 0 Å². The summed E-state index contributed by atoms with van der Waals surface area (Å²) in [5.74, 6) is 2.06. The summed E-state index contributed by atoms with van der Waals surface area (Å²) in [4.78, 5) is 4.24. The Hall–Kier alpha value is -2.12. The molecule has 0 saturated carbocycles. The molecule has 0 fully saturated rings. The first kappa shape index (κ1) is 13.8. The average molecular weight is 291 g/mol. The predicted octanol–water partition coefficient (Wildman–Crippen LogP) is 0.834. The summed E-state index contributed by atoms with van der Waals surface area (Å²) in [6, 6.07) is 7.40. The predicted molar refractivity (Wildman–Crippen MR) is 73.0 cm³/mol. The van der Waals surface area contributed by atoms with E-state index in [9.17, 15) is 5.11 Å². The maximum Gasteiger partial charge on any atom is 0.229 e. The maximum absolute atomic E-state index is 9.92. The number of aliphatic hydroxyl groups is 1. The van der Waals surface area contributed by atoms with Gasteiger partial charge in [-0.15, -0.1) is 0 Å². The second-order valence-corrected chi connectivity index (χ2v) is 5.29. The summed E-state index contributed by atoms with van der Waals surface area (Å²) in [6.45, 7) is 2.04. The molecule has 1 aromatic carbocycles. The van der Waals surface area contributed by atoms with Crippen molar-refractivity contribution in [3.63, 3.8) is 0 Å². The van der Waals surface area contributed by atoms with E-state index in [1.54, 1.807) is 6.92 Å². The Morgan fingerprint density at radius 1 is 1.38 bits per heavy atom. The van der Waals surface area contributed by atoms with Gasteiger partial charge in [-0.3, -0.25) is 0 Å². The Morgan fingerprint density at radius 2 is 2.14 bits per heavy atom. The zero-order valence-electron chi connectivity index (χ0n) is 11.7. The molecule has 7 heteroatoms. The molecule has 1 aliphatic rings. The quantitative estimate of drug-likeness (QED) is 0.860. The number of fused-ring (bicyclic) bond motifs is 1. The van der Waals surface area contributed by atoms with E-state index in [0.29, 0.717) is 29.8 Å². The van der Waals surface area contributed by atoms with Gasteiger partial charge < -0.3 is 24.8 Å². The van der Waals surface area contributed by atoms with Crippen LogP contribution >= 0.6 is 0 Å². The molecule has 0 spiro atoms. The van der Waals surface area contributed by atoms with Crippen molar-refractivity contribution in [2.75, 3.05) is 13.2 Å². The first-order valence-electron chi connectivity index (χ1n) is 6.71. The van der Waals surface area contributed by atoms with Gasteiger partial charge >= 0.3 is 0 Å². The van der Waals surface area contributed by atoms with Crippen molar-refractivity contribution >= 4 is 0 Å². The number of nitrogens with zero attached hydrogens (tertiary/aromatic N) is 2. The molecule has 2 unspecified atom stereocenters. The fraction of sp³-hybridized carbons (Fsp3) is 0.429. The van der Waals surface area contributed by atoms with Crippen LogP contribution in [0.3, 0.4) is 0 Å². The highest BCUT2D eigenvalue weighted by atomic mass is 16.6. The number of hydrogen-bond donors (Lipinski definition) is 2. The molecular weight excluding hydrogens is 274 g/mol. The lowest BCUT2D eigenvalue weighted by Gasteiger charge is -2.24. The zero-order chi connectivity index (χ0) is 14.9. The minimum absolute atomic E-state index is 0.112. The lowest BCUT2D eigenvalue weighted by atomic mass is 10.0. The summed E-state index contributed by atoms with van der Waals surface area (Å²) in [7, 11) is 0. The molecule has 3 N–H and O–H groups in total. The molecule has 2 aromatic rings. The van der Waals surface area contributed by atoms with E-state index in [2.05, 4.69) is 10.1 Å². The van der Waals surface area contributed by atoms with Crippen molar-refractivity contribution in [2.24, 2.45) is 5.73 Å². The van der Waals surface area contributed by atoms with Crippen molar-refractivity contribution in [2.45, 2.75) is 25.0 Å². The van der Waals surface area contributed by atoms with Crippen LogP contribution in [-0.2, 0) is 6.42 Å². The Bertz CT molecular complexity index is 626. The summed E-state index contributed by atoms with van der Waals surface area (Å²) >= 11 is 0. The number of ether oxygens (including phenoxy) is 2. The Labute approximate surface area is 121 Å². The van der Waals surface area contributed by atoms with Crippen LogP contribution in [0, 0.1) is 0 Å². The minimum atomic E-state index is -1.07. The molecule has 0 bridgehead atoms. The third-order valence-electron chi connectivity index (χ3n) is 3.25. The summed E-state index contributed by atoms with van der Waals surface area (Å²) < 4.78 is 16.5. The summed E-state index contributed by atoms with van der Waals surface area (Å²) in [6.07, 6.45) is -0.235. The molecule has 3 rings (SSSR count). The van der Waals surface area contributed by atoms with E-state index in [1.807, 2.05) is 24.3 Å². The molecule has 2 heterocycles. The number of benzene rings is 1. The Kier molecular flexibility index (Phi) is 3.52. The van der Waals surface area contributed by atoms with Gasteiger partial charge in [-0.1, -0.05) is 17.3 Å². The maximum atomic E-state index is 9.92. The second-order valence-electron chi connectivity index (χ2n) is 5.29. The molecule has 0 radical (unpaired) electrons. The van der Waals surface area contributed by atoms with Crippen molar-refractivity contribution < 1.29 is 19.1 Å². The van der Waals surface area contributed by atoms with Gasteiger partial charge in [0, 0.05) is 6.54 Å². The van der Waals surface area contributed by atoms with Crippen molar-refractivity contribution in [3.8, 4) is 11.5 Å². The van der Waals surface area contributed by atoms with Gasteiger partial charge in [0.25, 0.3) is 0 Å². The molecule has 1 aromatic heterocycles. The number of aromatic nitrogens is 2. The fourth-order valence-corrected chi connectivity index (χ4v) is 2.02. The smallest absolute Gasteiger partial charge is 0.229 e. The molecule has 0 amide bonds. The molecule has 112 valence electrons. The number of nitrogens with two attached hydrogens (primary N) is 1. The van der Waals surface area contributed by atoms with E-state index in [4.69, 9.17) is 19.7 Å². The van der Waals surface area contributed by atoms with Gasteiger partial charge in [0.05, 0.1) is 12.0 Å². The van der Waals surface area contributed by atoms with Crippen LogP contribution in [-0.4, -0.2) is 34.0 Å². The average Bonchev–Trinajstić information content (AvgIpc) is 2.94. The molecular formula is C14H17N3O4. The third-order valence-corrected chi connectivity index (χ3v) is 3.25. The van der Waals surface area contributed by atoms with E-state index in [0.717, 1.165) is 0 Å². The number of hydrogen-bond acceptors (Lipinski definition) is 7. The van der Waals surface area contributed by atoms with Gasteiger partial charge in [-0.25, -0.2) is 0 Å². The van der Waals surface area contributed by atoms with Crippen LogP contribution in [0.1, 0.15) is 24.7 Å². The zero-order valence-corrected chi connectivity index (χ0v) is 11.7. The van der Waals surface area contributed by atoms with Gasteiger partial charge in [0.15, 0.2) is 17.6 Å². The standard InChI is InChI=1S/C14H17N3O4/c1-14(18,8-15)6-12-16-13(17-21-12)11-7-19-9-4-2-3-5-10(9)20-11/h2-5,11,18H,6-8,15H2,1H3. The van der Waals surface area contributed by atoms with Crippen LogP contribution in [0.2, 0.25) is 0 Å². The highest BCUT2D eigenvalue weighted by Gasteiger charge is 2.28.